The molecule has 0 spiro atoms. The second kappa shape index (κ2) is 7.62. The normalized spacial score (nSPS) is 13.1. The standard InChI is InChI=1S/C20H21FN2O3S/c1-14(15-6-10-19(11-7-15)27(3,24)25)23(2)12-18-13-26-20(22-18)16-4-8-17(21)9-5-16/h4-11,13-14H,12H2,1-3H3/t14-/m0/s1. The van der Waals surface area contributed by atoms with Crippen LogP contribution in [0.15, 0.2) is 64.1 Å². The van der Waals surface area contributed by atoms with Crippen LogP contribution in [0.2, 0.25) is 0 Å². The number of sulfone groups is 1. The largest absolute Gasteiger partial charge is 0.444 e. The lowest BCUT2D eigenvalue weighted by Gasteiger charge is -2.24. The third kappa shape index (κ3) is 4.61. The van der Waals surface area contributed by atoms with E-state index in [0.717, 1.165) is 16.8 Å². The number of rotatable bonds is 6. The third-order valence-electron chi connectivity index (χ3n) is 4.51. The zero-order chi connectivity index (χ0) is 19.6. The van der Waals surface area contributed by atoms with Gasteiger partial charge in [0.2, 0.25) is 5.89 Å². The van der Waals surface area contributed by atoms with Gasteiger partial charge in [0.25, 0.3) is 0 Å². The minimum Gasteiger partial charge on any atom is -0.444 e. The molecule has 1 aromatic heterocycles. The Hall–Kier alpha value is -2.51. The number of aromatic nitrogens is 1. The van der Waals surface area contributed by atoms with Crippen molar-refractivity contribution in [1.29, 1.82) is 0 Å². The van der Waals surface area contributed by atoms with E-state index in [2.05, 4.69) is 9.88 Å². The molecule has 2 aromatic carbocycles. The Balaban J connectivity index is 1.69. The van der Waals surface area contributed by atoms with Gasteiger partial charge >= 0.3 is 0 Å². The minimum absolute atomic E-state index is 0.0598. The van der Waals surface area contributed by atoms with Crippen LogP contribution in [0.5, 0.6) is 0 Å². The third-order valence-corrected chi connectivity index (χ3v) is 5.63. The van der Waals surface area contributed by atoms with Gasteiger partial charge in [0.1, 0.15) is 12.1 Å². The van der Waals surface area contributed by atoms with Crippen molar-refractivity contribution >= 4 is 9.84 Å². The maximum atomic E-state index is 13.0. The van der Waals surface area contributed by atoms with Crippen LogP contribution in [-0.2, 0) is 16.4 Å². The van der Waals surface area contributed by atoms with Gasteiger partial charge in [0.15, 0.2) is 9.84 Å². The van der Waals surface area contributed by atoms with E-state index >= 15 is 0 Å². The van der Waals surface area contributed by atoms with E-state index in [9.17, 15) is 12.8 Å². The van der Waals surface area contributed by atoms with Gasteiger partial charge in [0, 0.05) is 24.4 Å². The molecule has 0 fully saturated rings. The predicted molar refractivity (Wildman–Crippen MR) is 101 cm³/mol. The monoisotopic (exact) mass is 388 g/mol. The van der Waals surface area contributed by atoms with Crippen LogP contribution >= 0.6 is 0 Å². The average molecular weight is 388 g/mol. The molecule has 142 valence electrons. The van der Waals surface area contributed by atoms with E-state index in [1.807, 2.05) is 26.1 Å². The molecule has 0 saturated heterocycles. The van der Waals surface area contributed by atoms with E-state index in [0.29, 0.717) is 17.3 Å². The summed E-state index contributed by atoms with van der Waals surface area (Å²) in [6, 6.07) is 12.9. The minimum atomic E-state index is -3.20. The molecule has 3 aromatic rings. The molecule has 1 atom stereocenters. The van der Waals surface area contributed by atoms with Crippen LogP contribution in [-0.4, -0.2) is 31.6 Å². The van der Waals surface area contributed by atoms with Crippen molar-refractivity contribution in [3.05, 3.63) is 71.9 Å². The number of halogens is 1. The molecule has 27 heavy (non-hydrogen) atoms. The summed E-state index contributed by atoms with van der Waals surface area (Å²) in [6.07, 6.45) is 2.79. The summed E-state index contributed by atoms with van der Waals surface area (Å²) in [4.78, 5) is 6.85. The van der Waals surface area contributed by atoms with Crippen LogP contribution in [0.1, 0.15) is 24.2 Å². The highest BCUT2D eigenvalue weighted by atomic mass is 32.2. The Morgan fingerprint density at radius 2 is 1.74 bits per heavy atom. The molecule has 3 rings (SSSR count). The summed E-state index contributed by atoms with van der Waals surface area (Å²) in [7, 11) is -1.24. The zero-order valence-electron chi connectivity index (χ0n) is 15.4. The first-order valence-electron chi connectivity index (χ1n) is 8.44. The molecule has 0 unspecified atom stereocenters. The molecule has 5 nitrogen and oxygen atoms in total. The Kier molecular flexibility index (Phi) is 5.43. The summed E-state index contributed by atoms with van der Waals surface area (Å²) in [5, 5.41) is 0. The summed E-state index contributed by atoms with van der Waals surface area (Å²) in [5.41, 5.74) is 2.48. The Morgan fingerprint density at radius 1 is 1.11 bits per heavy atom. The van der Waals surface area contributed by atoms with Gasteiger partial charge in [-0.15, -0.1) is 0 Å². The number of oxazole rings is 1. The van der Waals surface area contributed by atoms with E-state index < -0.39 is 9.84 Å². The van der Waals surface area contributed by atoms with Crippen LogP contribution in [0, 0.1) is 5.82 Å². The smallest absolute Gasteiger partial charge is 0.226 e. The van der Waals surface area contributed by atoms with Gasteiger partial charge in [-0.25, -0.2) is 17.8 Å². The average Bonchev–Trinajstić information content (AvgIpc) is 3.09. The highest BCUT2D eigenvalue weighted by Crippen LogP contribution is 2.24. The van der Waals surface area contributed by atoms with Gasteiger partial charge in [0.05, 0.1) is 10.6 Å². The maximum absolute atomic E-state index is 13.0. The first-order valence-corrected chi connectivity index (χ1v) is 10.3. The molecule has 0 aliphatic carbocycles. The first kappa shape index (κ1) is 19.3. The molecule has 0 amide bonds. The van der Waals surface area contributed by atoms with Crippen molar-refractivity contribution in [2.45, 2.75) is 24.4 Å². The van der Waals surface area contributed by atoms with E-state index in [-0.39, 0.29) is 11.9 Å². The molecule has 0 saturated carbocycles. The molecule has 0 aliphatic rings. The molecular formula is C20H21FN2O3S. The van der Waals surface area contributed by atoms with Crippen molar-refractivity contribution in [2.24, 2.45) is 0 Å². The number of benzene rings is 2. The molecule has 0 N–H and O–H groups in total. The highest BCUT2D eigenvalue weighted by molar-refractivity contribution is 7.90. The van der Waals surface area contributed by atoms with E-state index in [1.54, 1.807) is 30.5 Å². The second-order valence-electron chi connectivity index (χ2n) is 6.58. The van der Waals surface area contributed by atoms with Gasteiger partial charge in [-0.3, -0.25) is 4.90 Å². The van der Waals surface area contributed by atoms with Gasteiger partial charge in [-0.2, -0.15) is 0 Å². The summed E-state index contributed by atoms with van der Waals surface area (Å²) in [6.45, 7) is 2.59. The van der Waals surface area contributed by atoms with Crippen LogP contribution in [0.25, 0.3) is 11.5 Å². The first-order chi connectivity index (χ1) is 12.7. The quantitative estimate of drug-likeness (QED) is 0.637. The Labute approximate surface area is 158 Å². The lowest BCUT2D eigenvalue weighted by molar-refractivity contribution is 0.250. The van der Waals surface area contributed by atoms with Gasteiger partial charge in [-0.05, 0) is 55.9 Å². The lowest BCUT2D eigenvalue weighted by Crippen LogP contribution is -2.22. The molecule has 7 heteroatoms. The highest BCUT2D eigenvalue weighted by Gasteiger charge is 2.16. The van der Waals surface area contributed by atoms with E-state index in [4.69, 9.17) is 4.42 Å². The molecule has 0 bridgehead atoms. The van der Waals surface area contributed by atoms with Crippen molar-refractivity contribution in [3.63, 3.8) is 0 Å². The van der Waals surface area contributed by atoms with Crippen molar-refractivity contribution in [2.75, 3.05) is 13.3 Å². The van der Waals surface area contributed by atoms with Gasteiger partial charge < -0.3 is 4.42 Å². The van der Waals surface area contributed by atoms with Crippen molar-refractivity contribution in [1.82, 2.24) is 9.88 Å². The number of hydrogen-bond donors (Lipinski definition) is 0. The molecular weight excluding hydrogens is 367 g/mol. The molecule has 1 heterocycles. The Bertz CT molecular complexity index is 1010. The molecule has 0 aliphatic heterocycles. The van der Waals surface area contributed by atoms with Crippen molar-refractivity contribution in [3.8, 4) is 11.5 Å². The zero-order valence-corrected chi connectivity index (χ0v) is 16.2. The summed E-state index contributed by atoms with van der Waals surface area (Å²) < 4.78 is 41.7. The maximum Gasteiger partial charge on any atom is 0.226 e. The van der Waals surface area contributed by atoms with Gasteiger partial charge in [-0.1, -0.05) is 12.1 Å². The number of nitrogens with zero attached hydrogens (tertiary/aromatic N) is 2. The van der Waals surface area contributed by atoms with Crippen LogP contribution in [0.4, 0.5) is 4.39 Å². The van der Waals surface area contributed by atoms with Crippen LogP contribution < -0.4 is 0 Å². The molecule has 0 radical (unpaired) electrons. The topological polar surface area (TPSA) is 63.4 Å². The SMILES string of the molecule is C[C@@H](c1ccc(S(C)(=O)=O)cc1)N(C)Cc1coc(-c2ccc(F)cc2)n1. The van der Waals surface area contributed by atoms with E-state index in [1.165, 1.54) is 18.4 Å². The summed E-state index contributed by atoms with van der Waals surface area (Å²) >= 11 is 0. The second-order valence-corrected chi connectivity index (χ2v) is 8.60. The number of hydrogen-bond acceptors (Lipinski definition) is 5. The van der Waals surface area contributed by atoms with Crippen LogP contribution in [0.3, 0.4) is 0 Å². The summed E-state index contributed by atoms with van der Waals surface area (Å²) in [5.74, 6) is 0.143. The van der Waals surface area contributed by atoms with Crippen molar-refractivity contribution < 1.29 is 17.2 Å². The fraction of sp³-hybridized carbons (Fsp3) is 0.250. The predicted octanol–water partition coefficient (Wildman–Crippen LogP) is 4.08. The fourth-order valence-corrected chi connectivity index (χ4v) is 3.38. The lowest BCUT2D eigenvalue weighted by atomic mass is 10.1. The fourth-order valence-electron chi connectivity index (χ4n) is 2.75. The Morgan fingerprint density at radius 3 is 2.33 bits per heavy atom.